The number of anilines is 1. The van der Waals surface area contributed by atoms with Gasteiger partial charge in [-0.1, -0.05) is 6.07 Å². The fourth-order valence-corrected chi connectivity index (χ4v) is 2.27. The van der Waals surface area contributed by atoms with E-state index in [2.05, 4.69) is 10.7 Å². The van der Waals surface area contributed by atoms with Crippen LogP contribution in [0.3, 0.4) is 0 Å². The molecule has 0 saturated heterocycles. The van der Waals surface area contributed by atoms with Crippen LogP contribution in [0.4, 0.5) is 5.69 Å². The summed E-state index contributed by atoms with van der Waals surface area (Å²) in [4.78, 5) is 23.3. The van der Waals surface area contributed by atoms with Gasteiger partial charge in [0.2, 0.25) is 11.8 Å². The minimum Gasteiger partial charge on any atom is -0.324 e. The van der Waals surface area contributed by atoms with E-state index in [4.69, 9.17) is 5.84 Å². The van der Waals surface area contributed by atoms with Gasteiger partial charge in [0.05, 0.1) is 17.9 Å². The van der Waals surface area contributed by atoms with Gasteiger partial charge < -0.3 is 5.32 Å². The first-order chi connectivity index (χ1) is 7.69. The van der Waals surface area contributed by atoms with Crippen molar-refractivity contribution < 1.29 is 9.59 Å². The Balaban J connectivity index is 2.21. The van der Waals surface area contributed by atoms with E-state index in [0.29, 0.717) is 5.75 Å². The lowest BCUT2D eigenvalue weighted by molar-refractivity contribution is -0.120. The first-order valence-electron chi connectivity index (χ1n) is 4.74. The molecule has 0 saturated carbocycles. The van der Waals surface area contributed by atoms with E-state index >= 15 is 0 Å². The molecule has 0 aliphatic carbocycles. The molecule has 84 valence electrons. The summed E-state index contributed by atoms with van der Waals surface area (Å²) in [5.41, 5.74) is 3.66. The van der Waals surface area contributed by atoms with Crippen LogP contribution in [-0.4, -0.2) is 17.6 Å². The summed E-state index contributed by atoms with van der Waals surface area (Å²) in [7, 11) is 0. The number of hydrogen-bond donors (Lipinski definition) is 3. The molecule has 2 rings (SSSR count). The largest absolute Gasteiger partial charge is 0.324 e. The maximum atomic E-state index is 11.2. The van der Waals surface area contributed by atoms with Gasteiger partial charge in [-0.2, -0.15) is 0 Å². The van der Waals surface area contributed by atoms with Crippen molar-refractivity contribution in [1.82, 2.24) is 5.43 Å². The van der Waals surface area contributed by atoms with Crippen molar-refractivity contribution in [3.63, 3.8) is 0 Å². The lowest BCUT2D eigenvalue weighted by Gasteiger charge is -2.16. The highest BCUT2D eigenvalue weighted by Gasteiger charge is 2.15. The first kappa shape index (κ1) is 11.0. The number of hydrogen-bond acceptors (Lipinski definition) is 4. The topological polar surface area (TPSA) is 84.2 Å². The Kier molecular flexibility index (Phi) is 3.12. The number of carbonyl (C=O) groups excluding carboxylic acids is 2. The summed E-state index contributed by atoms with van der Waals surface area (Å²) < 4.78 is 0. The average Bonchev–Trinajstić information content (AvgIpc) is 2.28. The quantitative estimate of drug-likeness (QED) is 0.391. The molecule has 1 aromatic rings. The molecule has 0 atom stereocenters. The van der Waals surface area contributed by atoms with E-state index in [-0.39, 0.29) is 18.2 Å². The molecule has 0 aromatic heterocycles. The lowest BCUT2D eigenvalue weighted by Crippen LogP contribution is -2.31. The molecule has 1 aliphatic heterocycles. The molecule has 5 nitrogen and oxygen atoms in total. The van der Waals surface area contributed by atoms with Crippen molar-refractivity contribution in [2.75, 3.05) is 11.1 Å². The summed E-state index contributed by atoms with van der Waals surface area (Å²) in [6.45, 7) is 0. The zero-order valence-corrected chi connectivity index (χ0v) is 9.26. The third-order valence-corrected chi connectivity index (χ3v) is 3.28. The van der Waals surface area contributed by atoms with Crippen LogP contribution in [0.25, 0.3) is 0 Å². The smallest absolute Gasteiger partial charge is 0.238 e. The van der Waals surface area contributed by atoms with Crippen LogP contribution < -0.4 is 16.6 Å². The predicted octanol–water partition coefficient (Wildman–Crippen LogP) is 0.263. The van der Waals surface area contributed by atoms with Crippen LogP contribution in [0.5, 0.6) is 0 Å². The number of hydrazine groups is 1. The van der Waals surface area contributed by atoms with E-state index < -0.39 is 0 Å². The molecule has 0 fully saturated rings. The molecule has 0 radical (unpaired) electrons. The van der Waals surface area contributed by atoms with Crippen LogP contribution >= 0.6 is 11.8 Å². The second-order valence-electron chi connectivity index (χ2n) is 3.41. The molecule has 4 N–H and O–H groups in total. The van der Waals surface area contributed by atoms with Gasteiger partial charge in [0.1, 0.15) is 0 Å². The van der Waals surface area contributed by atoms with Crippen molar-refractivity contribution in [2.45, 2.75) is 11.3 Å². The third-order valence-electron chi connectivity index (χ3n) is 2.20. The highest BCUT2D eigenvalue weighted by molar-refractivity contribution is 8.00. The number of carbonyl (C=O) groups is 2. The van der Waals surface area contributed by atoms with Gasteiger partial charge in [0, 0.05) is 4.90 Å². The molecule has 0 bridgehead atoms. The Morgan fingerprint density at radius 3 is 3.12 bits per heavy atom. The molecule has 0 spiro atoms. The minimum absolute atomic E-state index is 0.0158. The van der Waals surface area contributed by atoms with Crippen LogP contribution in [0.2, 0.25) is 0 Å². The number of benzene rings is 1. The Labute approximate surface area is 96.7 Å². The molecule has 1 aromatic carbocycles. The van der Waals surface area contributed by atoms with Crippen molar-refractivity contribution in [2.24, 2.45) is 5.84 Å². The van der Waals surface area contributed by atoms with Crippen molar-refractivity contribution in [1.29, 1.82) is 0 Å². The monoisotopic (exact) mass is 237 g/mol. The van der Waals surface area contributed by atoms with Gasteiger partial charge in [0.25, 0.3) is 0 Å². The van der Waals surface area contributed by atoms with Gasteiger partial charge >= 0.3 is 0 Å². The summed E-state index contributed by atoms with van der Waals surface area (Å²) in [5, 5.41) is 2.77. The number of thioether (sulfide) groups is 1. The summed E-state index contributed by atoms with van der Waals surface area (Å²) in [6.07, 6.45) is 0.213. The zero-order chi connectivity index (χ0) is 11.5. The highest BCUT2D eigenvalue weighted by atomic mass is 32.2. The Bertz CT molecular complexity index is 448. The molecule has 1 heterocycles. The fraction of sp³-hybridized carbons (Fsp3) is 0.200. The van der Waals surface area contributed by atoms with Gasteiger partial charge in [-0.25, -0.2) is 5.84 Å². The van der Waals surface area contributed by atoms with E-state index in [1.165, 1.54) is 11.8 Å². The van der Waals surface area contributed by atoms with E-state index in [0.717, 1.165) is 16.1 Å². The maximum Gasteiger partial charge on any atom is 0.238 e. The Morgan fingerprint density at radius 2 is 2.38 bits per heavy atom. The lowest BCUT2D eigenvalue weighted by atomic mass is 10.1. The summed E-state index contributed by atoms with van der Waals surface area (Å²) in [5.74, 6) is 5.18. The number of rotatable bonds is 2. The van der Waals surface area contributed by atoms with Gasteiger partial charge in [-0.05, 0) is 17.7 Å². The van der Waals surface area contributed by atoms with Crippen LogP contribution in [-0.2, 0) is 16.0 Å². The summed E-state index contributed by atoms with van der Waals surface area (Å²) >= 11 is 1.49. The average molecular weight is 237 g/mol. The summed E-state index contributed by atoms with van der Waals surface area (Å²) in [6, 6.07) is 5.56. The van der Waals surface area contributed by atoms with Crippen molar-refractivity contribution in [3.05, 3.63) is 23.8 Å². The normalized spacial score (nSPS) is 13.9. The Morgan fingerprint density at radius 1 is 1.56 bits per heavy atom. The van der Waals surface area contributed by atoms with Crippen LogP contribution in [0.1, 0.15) is 5.56 Å². The molecule has 16 heavy (non-hydrogen) atoms. The molecule has 1 aliphatic rings. The van der Waals surface area contributed by atoms with E-state index in [1.807, 2.05) is 12.1 Å². The third kappa shape index (κ3) is 2.34. The van der Waals surface area contributed by atoms with Crippen LogP contribution in [0, 0.1) is 0 Å². The van der Waals surface area contributed by atoms with E-state index in [1.54, 1.807) is 6.07 Å². The SMILES string of the molecule is NNC(=O)Cc1ccc2c(c1)NC(=O)CS2. The van der Waals surface area contributed by atoms with Gasteiger partial charge in [0.15, 0.2) is 0 Å². The fourth-order valence-electron chi connectivity index (χ4n) is 1.48. The van der Waals surface area contributed by atoms with Crippen molar-refractivity contribution >= 4 is 29.3 Å². The van der Waals surface area contributed by atoms with Crippen LogP contribution in [0.15, 0.2) is 23.1 Å². The molecular formula is C10H11N3O2S. The zero-order valence-electron chi connectivity index (χ0n) is 8.45. The number of nitrogens with two attached hydrogens (primary N) is 1. The number of amides is 2. The van der Waals surface area contributed by atoms with Crippen molar-refractivity contribution in [3.8, 4) is 0 Å². The molecular weight excluding hydrogens is 226 g/mol. The predicted molar refractivity (Wildman–Crippen MR) is 61.8 cm³/mol. The standard InChI is InChI=1S/C10H11N3O2S/c11-13-9(14)4-6-1-2-8-7(3-6)12-10(15)5-16-8/h1-3H,4-5,11H2,(H,12,15)(H,13,14). The minimum atomic E-state index is -0.255. The highest BCUT2D eigenvalue weighted by Crippen LogP contribution is 2.31. The Hall–Kier alpha value is -1.53. The second kappa shape index (κ2) is 4.54. The molecule has 6 heteroatoms. The second-order valence-corrected chi connectivity index (χ2v) is 4.43. The van der Waals surface area contributed by atoms with Gasteiger partial charge in [-0.3, -0.25) is 15.0 Å². The maximum absolute atomic E-state index is 11.2. The number of nitrogens with one attached hydrogen (secondary N) is 2. The molecule has 0 unspecified atom stereocenters. The number of fused-ring (bicyclic) bond motifs is 1. The molecule has 2 amide bonds. The van der Waals surface area contributed by atoms with E-state index in [9.17, 15) is 9.59 Å². The first-order valence-corrected chi connectivity index (χ1v) is 5.72. The van der Waals surface area contributed by atoms with Gasteiger partial charge in [-0.15, -0.1) is 11.8 Å².